The second-order valence-electron chi connectivity index (χ2n) is 4.57. The smallest absolute Gasteiger partial charge is 0.0328 e. The molecule has 1 unspecified atom stereocenters. The SMILES string of the molecule is [3H][Si]([3H])([3H])C1=CCC(C(C)(C)C)CC1. The van der Waals surface area contributed by atoms with Gasteiger partial charge in [0.25, 0.3) is 0 Å². The molecule has 0 aromatic heterocycles. The van der Waals surface area contributed by atoms with Crippen LogP contribution in [0.1, 0.15) is 40.0 Å². The summed E-state index contributed by atoms with van der Waals surface area (Å²) < 4.78 is 22.4. The van der Waals surface area contributed by atoms with Crippen LogP contribution in [0.15, 0.2) is 11.3 Å². The molecule has 64 valence electrons. The number of hydrogen-bond acceptors (Lipinski definition) is 0. The molecule has 0 aliphatic heterocycles. The highest BCUT2D eigenvalue weighted by Gasteiger charge is 2.24. The van der Waals surface area contributed by atoms with E-state index in [-0.39, 0.29) is 0 Å². The lowest BCUT2D eigenvalue weighted by molar-refractivity contribution is 0.222. The summed E-state index contributed by atoms with van der Waals surface area (Å²) in [4.78, 5) is 0. The second kappa shape index (κ2) is 3.14. The maximum atomic E-state index is 7.45. The maximum absolute atomic E-state index is 7.45. The van der Waals surface area contributed by atoms with Crippen molar-refractivity contribution in [1.29, 1.82) is 3.70 Å². The van der Waals surface area contributed by atoms with Gasteiger partial charge in [0.15, 0.2) is 0 Å². The molecule has 0 amide bonds. The fourth-order valence-electron chi connectivity index (χ4n) is 1.62. The monoisotopic (exact) mass is 174 g/mol. The topological polar surface area (TPSA) is 0 Å². The van der Waals surface area contributed by atoms with Gasteiger partial charge < -0.3 is 0 Å². The Morgan fingerprint density at radius 1 is 1.64 bits per heavy atom. The number of hydrogen-bond donors (Lipinski definition) is 0. The third-order valence-corrected chi connectivity index (χ3v) is 3.09. The Kier molecular flexibility index (Phi) is 1.59. The van der Waals surface area contributed by atoms with Gasteiger partial charge >= 0.3 is 0 Å². The van der Waals surface area contributed by atoms with Gasteiger partial charge in [-0.05, 0) is 30.6 Å². The van der Waals surface area contributed by atoms with Crippen molar-refractivity contribution in [2.45, 2.75) is 40.0 Å². The Labute approximate surface area is 77.2 Å². The van der Waals surface area contributed by atoms with Crippen LogP contribution in [0.4, 0.5) is 0 Å². The fraction of sp³-hybridized carbons (Fsp3) is 0.800. The molecule has 1 heteroatoms. The largest absolute Gasteiger partial charge is 0.0956 e. The highest BCUT2D eigenvalue weighted by atomic mass is 28.1. The van der Waals surface area contributed by atoms with E-state index in [9.17, 15) is 0 Å². The molecule has 0 heterocycles. The van der Waals surface area contributed by atoms with E-state index in [0.29, 0.717) is 11.3 Å². The minimum atomic E-state index is -3.23. The van der Waals surface area contributed by atoms with E-state index >= 15 is 0 Å². The van der Waals surface area contributed by atoms with Crippen molar-refractivity contribution in [2.24, 2.45) is 11.3 Å². The molecule has 0 aromatic carbocycles. The van der Waals surface area contributed by atoms with E-state index in [0.717, 1.165) is 24.5 Å². The van der Waals surface area contributed by atoms with Crippen LogP contribution in [0.5, 0.6) is 0 Å². The van der Waals surface area contributed by atoms with Crippen molar-refractivity contribution in [2.75, 3.05) is 0 Å². The lowest BCUT2D eigenvalue weighted by Gasteiger charge is -2.32. The van der Waals surface area contributed by atoms with Crippen molar-refractivity contribution in [3.63, 3.8) is 0 Å². The maximum Gasteiger partial charge on any atom is 0.0328 e. The van der Waals surface area contributed by atoms with E-state index in [4.69, 9.17) is 3.70 Å². The van der Waals surface area contributed by atoms with Crippen molar-refractivity contribution < 1.29 is 0 Å². The molecule has 1 rings (SSSR count). The van der Waals surface area contributed by atoms with Crippen LogP contribution in [0, 0.1) is 11.3 Å². The van der Waals surface area contributed by atoms with Crippen molar-refractivity contribution in [1.82, 2.24) is 0 Å². The summed E-state index contributed by atoms with van der Waals surface area (Å²) in [6, 6.07) is 0. The minimum absolute atomic E-state index is 0.318. The van der Waals surface area contributed by atoms with E-state index in [1.807, 2.05) is 6.08 Å². The van der Waals surface area contributed by atoms with Crippen LogP contribution in [-0.2, 0) is 0 Å². The zero-order chi connectivity index (χ0) is 11.0. The molecule has 0 N–H and O–H groups in total. The molecular formula is C10H20Si. The minimum Gasteiger partial charge on any atom is -0.0956 e. The summed E-state index contributed by atoms with van der Waals surface area (Å²) >= 11 is 0. The molecule has 0 spiro atoms. The standard InChI is InChI=1S/C10H20Si/c1-10(2,3)8-4-6-9(11)7-5-8/h6,8H,4-5,7H2,1-3,11H3/i11T3. The van der Waals surface area contributed by atoms with E-state index < -0.39 is 10.0 Å². The lowest BCUT2D eigenvalue weighted by Crippen LogP contribution is -2.22. The zero-order valence-corrected chi connectivity index (χ0v) is 8.78. The van der Waals surface area contributed by atoms with E-state index in [1.165, 1.54) is 0 Å². The van der Waals surface area contributed by atoms with Gasteiger partial charge in [0.2, 0.25) is 0 Å². The van der Waals surface area contributed by atoms with Gasteiger partial charge in [-0.15, -0.1) is 0 Å². The van der Waals surface area contributed by atoms with Crippen molar-refractivity contribution >= 4 is 10.0 Å². The Morgan fingerprint density at radius 2 is 2.36 bits per heavy atom. The van der Waals surface area contributed by atoms with Gasteiger partial charge in [0.1, 0.15) is 0 Å². The average molecular weight is 174 g/mol. The van der Waals surface area contributed by atoms with Crippen molar-refractivity contribution in [3.8, 4) is 0 Å². The van der Waals surface area contributed by atoms with E-state index in [1.54, 1.807) is 0 Å². The molecular weight excluding hydrogens is 148 g/mol. The van der Waals surface area contributed by atoms with Gasteiger partial charge in [0, 0.05) is 13.7 Å². The summed E-state index contributed by atoms with van der Waals surface area (Å²) in [5.74, 6) is 0.655. The summed E-state index contributed by atoms with van der Waals surface area (Å²) in [7, 11) is -3.23. The van der Waals surface area contributed by atoms with Crippen LogP contribution in [0.2, 0.25) is 0 Å². The first-order valence-corrected chi connectivity index (χ1v) is 4.91. The highest BCUT2D eigenvalue weighted by molar-refractivity contribution is 6.21. The molecule has 0 fully saturated rings. The zero-order valence-electron chi connectivity index (χ0n) is 10.8. The molecule has 1 aliphatic rings. The Hall–Kier alpha value is -0.0431. The summed E-state index contributed by atoms with van der Waals surface area (Å²) in [6.07, 6.45) is 4.83. The summed E-state index contributed by atoms with van der Waals surface area (Å²) in [5.41, 5.74) is 0.318. The van der Waals surface area contributed by atoms with Crippen LogP contribution < -0.4 is 0 Å². The molecule has 0 bridgehead atoms. The molecule has 0 saturated carbocycles. The molecule has 1 aliphatic carbocycles. The molecule has 0 nitrogen and oxygen atoms in total. The Bertz CT molecular complexity index is 235. The summed E-state index contributed by atoms with van der Waals surface area (Å²) in [6.45, 7) is 6.72. The number of rotatable bonds is 1. The third kappa shape index (κ3) is 2.48. The first-order valence-electron chi connectivity index (χ1n) is 5.91. The summed E-state index contributed by atoms with van der Waals surface area (Å²) in [5, 5.41) is 0.804. The van der Waals surface area contributed by atoms with Gasteiger partial charge in [-0.1, -0.05) is 32.0 Å². The van der Waals surface area contributed by atoms with Crippen LogP contribution in [-0.4, -0.2) is 13.7 Å². The average Bonchev–Trinajstić information content (AvgIpc) is 2.01. The highest BCUT2D eigenvalue weighted by Crippen LogP contribution is 2.36. The van der Waals surface area contributed by atoms with E-state index in [2.05, 4.69) is 20.8 Å². The molecule has 11 heavy (non-hydrogen) atoms. The van der Waals surface area contributed by atoms with Gasteiger partial charge in [-0.3, -0.25) is 0 Å². The predicted octanol–water partition coefficient (Wildman–Crippen LogP) is 2.08. The van der Waals surface area contributed by atoms with Crippen LogP contribution in [0.25, 0.3) is 0 Å². The molecule has 0 saturated heterocycles. The van der Waals surface area contributed by atoms with Crippen LogP contribution in [0.3, 0.4) is 0 Å². The quantitative estimate of drug-likeness (QED) is 0.534. The number of allylic oxidation sites excluding steroid dienone is 2. The van der Waals surface area contributed by atoms with Gasteiger partial charge in [0.05, 0.1) is 0 Å². The van der Waals surface area contributed by atoms with Crippen molar-refractivity contribution in [3.05, 3.63) is 11.3 Å². The van der Waals surface area contributed by atoms with Gasteiger partial charge in [-0.2, -0.15) is 0 Å². The Morgan fingerprint density at radius 3 is 2.73 bits per heavy atom. The third-order valence-electron chi connectivity index (χ3n) is 2.64. The molecule has 1 atom stereocenters. The molecule has 0 aromatic rings. The first kappa shape index (κ1) is 5.58. The first-order chi connectivity index (χ1) is 6.21. The normalized spacial score (nSPS) is 31.7. The predicted molar refractivity (Wildman–Crippen MR) is 54.8 cm³/mol. The lowest BCUT2D eigenvalue weighted by atomic mass is 9.74. The van der Waals surface area contributed by atoms with Gasteiger partial charge in [-0.25, -0.2) is 0 Å². The molecule has 0 radical (unpaired) electrons. The van der Waals surface area contributed by atoms with Crippen LogP contribution >= 0.6 is 0 Å². The Balaban J connectivity index is 2.65. The second-order valence-corrected chi connectivity index (χ2v) is 5.21. The fourth-order valence-corrected chi connectivity index (χ4v) is 1.88.